The molecular formula is C21H23N3O4. The number of para-hydroxylation sites is 1. The molecule has 28 heavy (non-hydrogen) atoms. The van der Waals surface area contributed by atoms with Gasteiger partial charge < -0.3 is 20.1 Å². The Bertz CT molecular complexity index is 904. The highest BCUT2D eigenvalue weighted by Gasteiger charge is 2.54. The van der Waals surface area contributed by atoms with Gasteiger partial charge in [-0.3, -0.25) is 9.59 Å². The maximum atomic E-state index is 12.8. The Morgan fingerprint density at radius 3 is 2.64 bits per heavy atom. The Morgan fingerprint density at radius 1 is 1.18 bits per heavy atom. The van der Waals surface area contributed by atoms with Crippen LogP contribution in [-0.4, -0.2) is 50.2 Å². The zero-order valence-electron chi connectivity index (χ0n) is 15.9. The van der Waals surface area contributed by atoms with E-state index in [-0.39, 0.29) is 23.6 Å². The number of amides is 2. The van der Waals surface area contributed by atoms with E-state index < -0.39 is 0 Å². The molecule has 2 N–H and O–H groups in total. The Hall–Kier alpha value is -2.93. The fourth-order valence-electron chi connectivity index (χ4n) is 3.79. The molecule has 1 aromatic heterocycles. The molecule has 7 nitrogen and oxygen atoms in total. The number of fused-ring (bicyclic) bond motifs is 1. The van der Waals surface area contributed by atoms with Gasteiger partial charge in [-0.1, -0.05) is 18.2 Å². The molecule has 3 atom stereocenters. The number of benzene rings is 1. The van der Waals surface area contributed by atoms with Gasteiger partial charge in [-0.25, -0.2) is 4.98 Å². The molecule has 2 aliphatic rings. The van der Waals surface area contributed by atoms with Gasteiger partial charge in [0, 0.05) is 48.2 Å². The van der Waals surface area contributed by atoms with Crippen molar-refractivity contribution in [2.24, 2.45) is 11.8 Å². The van der Waals surface area contributed by atoms with Crippen LogP contribution in [0.15, 0.2) is 36.4 Å². The molecule has 1 aromatic carbocycles. The van der Waals surface area contributed by atoms with Gasteiger partial charge in [-0.15, -0.1) is 0 Å². The topological polar surface area (TPSA) is 89.6 Å². The molecule has 2 fully saturated rings. The summed E-state index contributed by atoms with van der Waals surface area (Å²) < 4.78 is 10.8. The monoisotopic (exact) mass is 381 g/mol. The van der Waals surface area contributed by atoms with Crippen LogP contribution in [0, 0.1) is 11.8 Å². The highest BCUT2D eigenvalue weighted by atomic mass is 16.5. The maximum Gasteiger partial charge on any atom is 0.269 e. The summed E-state index contributed by atoms with van der Waals surface area (Å²) in [5.74, 6) is 1.06. The van der Waals surface area contributed by atoms with Crippen LogP contribution in [0.4, 0.5) is 0 Å². The van der Waals surface area contributed by atoms with E-state index in [0.717, 1.165) is 11.3 Å². The van der Waals surface area contributed by atoms with Crippen LogP contribution >= 0.6 is 0 Å². The fraction of sp³-hybridized carbons (Fsp3) is 0.381. The summed E-state index contributed by atoms with van der Waals surface area (Å²) in [5.41, 5.74) is 2.23. The first kappa shape index (κ1) is 18.4. The quantitative estimate of drug-likeness (QED) is 0.790. The summed E-state index contributed by atoms with van der Waals surface area (Å²) in [6.07, 6.45) is 0.456. The Balaban J connectivity index is 1.59. The Kier molecular flexibility index (Phi) is 5.00. The molecule has 146 valence electrons. The minimum Gasteiger partial charge on any atom is -0.496 e. The summed E-state index contributed by atoms with van der Waals surface area (Å²) >= 11 is 0. The third-order valence-electron chi connectivity index (χ3n) is 5.41. The third kappa shape index (κ3) is 3.57. The van der Waals surface area contributed by atoms with E-state index in [1.54, 1.807) is 20.2 Å². The van der Waals surface area contributed by atoms with E-state index in [1.165, 1.54) is 6.07 Å². The average molecular weight is 381 g/mol. The molecule has 0 spiro atoms. The van der Waals surface area contributed by atoms with Crippen molar-refractivity contribution in [3.63, 3.8) is 0 Å². The summed E-state index contributed by atoms with van der Waals surface area (Å²) in [5, 5.41) is 5.64. The molecule has 7 heteroatoms. The van der Waals surface area contributed by atoms with Crippen LogP contribution in [0.3, 0.4) is 0 Å². The fourth-order valence-corrected chi connectivity index (χ4v) is 3.79. The van der Waals surface area contributed by atoms with E-state index in [0.29, 0.717) is 42.7 Å². The van der Waals surface area contributed by atoms with E-state index in [1.807, 2.05) is 24.3 Å². The SMILES string of the molecule is CNC(=O)c1cc(C(=O)NC2C3COC[C@H]32)cc(Cc2ccccc2OC)n1. The average Bonchev–Trinajstić information content (AvgIpc) is 3.13. The zero-order chi connectivity index (χ0) is 19.7. The van der Waals surface area contributed by atoms with Crippen LogP contribution in [0.2, 0.25) is 0 Å². The minimum absolute atomic E-state index is 0.163. The molecule has 1 saturated heterocycles. The molecule has 0 bridgehead atoms. The lowest BCUT2D eigenvalue weighted by Crippen LogP contribution is -2.30. The molecule has 2 amide bonds. The van der Waals surface area contributed by atoms with Crippen LogP contribution in [0.25, 0.3) is 0 Å². The van der Waals surface area contributed by atoms with E-state index in [2.05, 4.69) is 15.6 Å². The smallest absolute Gasteiger partial charge is 0.269 e. The largest absolute Gasteiger partial charge is 0.496 e. The van der Waals surface area contributed by atoms with Crippen LogP contribution in [0.5, 0.6) is 5.75 Å². The normalized spacial score (nSPS) is 22.3. The number of nitrogens with one attached hydrogen (secondary N) is 2. The van der Waals surface area contributed by atoms with Crippen molar-refractivity contribution >= 4 is 11.8 Å². The van der Waals surface area contributed by atoms with Gasteiger partial charge in [-0.2, -0.15) is 0 Å². The van der Waals surface area contributed by atoms with Gasteiger partial charge >= 0.3 is 0 Å². The minimum atomic E-state index is -0.326. The van der Waals surface area contributed by atoms with Crippen molar-refractivity contribution in [2.45, 2.75) is 12.5 Å². The standard InChI is InChI=1S/C21H23N3O4/c1-22-21(26)17-9-13(20(25)24-19-15-10-28-11-16(15)19)8-14(23-17)7-12-5-3-4-6-18(12)27-2/h3-6,8-9,15-16,19H,7,10-11H2,1-2H3,(H,22,26)(H,24,25)/t15-,16?,19?/m1/s1. The second kappa shape index (κ2) is 7.59. The predicted octanol–water partition coefficient (Wildman–Crippen LogP) is 1.42. The number of aromatic nitrogens is 1. The van der Waals surface area contributed by atoms with Gasteiger partial charge in [0.05, 0.1) is 20.3 Å². The lowest BCUT2D eigenvalue weighted by atomic mass is 10.1. The molecule has 1 aliphatic heterocycles. The van der Waals surface area contributed by atoms with E-state index in [9.17, 15) is 9.59 Å². The van der Waals surface area contributed by atoms with Crippen molar-refractivity contribution in [1.29, 1.82) is 0 Å². The van der Waals surface area contributed by atoms with Gasteiger partial charge in [0.25, 0.3) is 11.8 Å². The summed E-state index contributed by atoms with van der Waals surface area (Å²) in [7, 11) is 3.16. The molecule has 0 radical (unpaired) electrons. The number of hydrogen-bond donors (Lipinski definition) is 2. The molecular weight excluding hydrogens is 358 g/mol. The second-order valence-electron chi connectivity index (χ2n) is 7.16. The van der Waals surface area contributed by atoms with Gasteiger partial charge in [0.1, 0.15) is 11.4 Å². The zero-order valence-corrected chi connectivity index (χ0v) is 15.9. The van der Waals surface area contributed by atoms with Crippen molar-refractivity contribution in [1.82, 2.24) is 15.6 Å². The van der Waals surface area contributed by atoms with Gasteiger partial charge in [0.2, 0.25) is 0 Å². The lowest BCUT2D eigenvalue weighted by Gasteiger charge is -2.12. The molecule has 4 rings (SSSR count). The van der Waals surface area contributed by atoms with Gasteiger partial charge in [0.15, 0.2) is 0 Å². The maximum absolute atomic E-state index is 12.8. The Labute approximate surface area is 163 Å². The van der Waals surface area contributed by atoms with Crippen molar-refractivity contribution < 1.29 is 19.1 Å². The number of hydrogen-bond acceptors (Lipinski definition) is 5. The summed E-state index contributed by atoms with van der Waals surface area (Å²) in [6, 6.07) is 11.1. The molecule has 2 aromatic rings. The highest BCUT2D eigenvalue weighted by Crippen LogP contribution is 2.44. The van der Waals surface area contributed by atoms with E-state index >= 15 is 0 Å². The van der Waals surface area contributed by atoms with Crippen molar-refractivity contribution in [3.8, 4) is 5.75 Å². The number of nitrogens with zero attached hydrogens (tertiary/aromatic N) is 1. The molecule has 1 aliphatic carbocycles. The number of pyridine rings is 1. The van der Waals surface area contributed by atoms with Crippen molar-refractivity contribution in [2.75, 3.05) is 27.4 Å². The highest BCUT2D eigenvalue weighted by molar-refractivity contribution is 5.98. The van der Waals surface area contributed by atoms with Gasteiger partial charge in [-0.05, 0) is 18.2 Å². The molecule has 1 saturated carbocycles. The second-order valence-corrected chi connectivity index (χ2v) is 7.16. The number of carbonyl (C=O) groups excluding carboxylic acids is 2. The number of methoxy groups -OCH3 is 1. The van der Waals surface area contributed by atoms with Crippen LogP contribution in [-0.2, 0) is 11.2 Å². The first-order valence-corrected chi connectivity index (χ1v) is 9.34. The molecule has 2 heterocycles. The molecule has 2 unspecified atom stereocenters. The van der Waals surface area contributed by atoms with Crippen molar-refractivity contribution in [3.05, 3.63) is 58.9 Å². The first-order valence-electron chi connectivity index (χ1n) is 9.34. The predicted molar refractivity (Wildman–Crippen MR) is 102 cm³/mol. The Morgan fingerprint density at radius 2 is 1.93 bits per heavy atom. The third-order valence-corrected chi connectivity index (χ3v) is 5.41. The van der Waals surface area contributed by atoms with E-state index in [4.69, 9.17) is 9.47 Å². The summed E-state index contributed by atoms with van der Waals surface area (Å²) in [6.45, 7) is 1.41. The first-order chi connectivity index (χ1) is 13.6. The number of ether oxygens (including phenoxy) is 2. The van der Waals surface area contributed by atoms with Crippen LogP contribution < -0.4 is 15.4 Å². The number of carbonyl (C=O) groups is 2. The summed E-state index contributed by atoms with van der Waals surface area (Å²) in [4.78, 5) is 29.4. The van der Waals surface area contributed by atoms with Crippen LogP contribution in [0.1, 0.15) is 32.1 Å². The number of rotatable bonds is 6. The lowest BCUT2D eigenvalue weighted by molar-refractivity contribution is 0.0928.